The molecule has 8 nitrogen and oxygen atoms in total. The van der Waals surface area contributed by atoms with Crippen molar-refractivity contribution in [2.75, 3.05) is 43.5 Å². The van der Waals surface area contributed by atoms with Crippen LogP contribution in [-0.2, 0) is 6.54 Å². The molecule has 1 aromatic heterocycles. The quantitative estimate of drug-likeness (QED) is 0.442. The topological polar surface area (TPSA) is 79.7 Å². The van der Waals surface area contributed by atoms with Crippen LogP contribution in [0.2, 0.25) is 0 Å². The highest BCUT2D eigenvalue weighted by Crippen LogP contribution is 2.26. The van der Waals surface area contributed by atoms with Gasteiger partial charge in [-0.2, -0.15) is 0 Å². The number of carbonyl (C=O) groups excluding carboxylic acids is 1. The predicted molar refractivity (Wildman–Crippen MR) is 147 cm³/mol. The van der Waals surface area contributed by atoms with Gasteiger partial charge in [0.25, 0.3) is 5.56 Å². The summed E-state index contributed by atoms with van der Waals surface area (Å²) in [4.78, 5) is 35.1. The van der Waals surface area contributed by atoms with E-state index in [1.807, 2.05) is 61.2 Å². The molecule has 1 fully saturated rings. The van der Waals surface area contributed by atoms with E-state index in [1.165, 1.54) is 5.56 Å². The summed E-state index contributed by atoms with van der Waals surface area (Å²) in [6, 6.07) is 21.4. The first-order valence-electron chi connectivity index (χ1n) is 12.4. The summed E-state index contributed by atoms with van der Waals surface area (Å²) in [6.45, 7) is 6.48. The minimum absolute atomic E-state index is 0.123. The van der Waals surface area contributed by atoms with E-state index in [4.69, 9.17) is 9.72 Å². The highest BCUT2D eigenvalue weighted by molar-refractivity contribution is 5.91. The van der Waals surface area contributed by atoms with Gasteiger partial charge >= 0.3 is 6.03 Å². The fourth-order valence-corrected chi connectivity index (χ4v) is 4.65. The molecule has 2 heterocycles. The number of urea groups is 1. The van der Waals surface area contributed by atoms with Crippen molar-refractivity contribution in [1.29, 1.82) is 0 Å². The van der Waals surface area contributed by atoms with E-state index in [2.05, 4.69) is 29.6 Å². The van der Waals surface area contributed by atoms with Crippen LogP contribution < -0.4 is 20.5 Å². The number of aryl methyl sites for hydroxylation is 2. The molecule has 190 valence electrons. The molecular formula is C29H31N5O3. The molecule has 0 atom stereocenters. The number of aromatic nitrogens is 2. The molecule has 1 aliphatic rings. The number of amides is 2. The second kappa shape index (κ2) is 10.3. The van der Waals surface area contributed by atoms with Crippen molar-refractivity contribution in [2.45, 2.75) is 20.4 Å². The summed E-state index contributed by atoms with van der Waals surface area (Å²) in [5.41, 5.74) is 5.37. The van der Waals surface area contributed by atoms with Crippen molar-refractivity contribution in [3.05, 3.63) is 93.8 Å². The number of hydrogen-bond donors (Lipinski definition) is 1. The number of nitrogens with one attached hydrogen (secondary N) is 1. The number of anilines is 2. The molecule has 0 bridgehead atoms. The summed E-state index contributed by atoms with van der Waals surface area (Å²) in [5.74, 6) is 1.04. The maximum Gasteiger partial charge on any atom is 0.322 e. The largest absolute Gasteiger partial charge is 0.495 e. The van der Waals surface area contributed by atoms with Crippen LogP contribution in [-0.4, -0.2) is 53.8 Å². The molecule has 1 aliphatic heterocycles. The number of benzene rings is 3. The van der Waals surface area contributed by atoms with Gasteiger partial charge < -0.3 is 19.9 Å². The Kier molecular flexibility index (Phi) is 6.81. The smallest absolute Gasteiger partial charge is 0.322 e. The second-order valence-corrected chi connectivity index (χ2v) is 9.41. The van der Waals surface area contributed by atoms with E-state index >= 15 is 0 Å². The normalized spacial score (nSPS) is 13.6. The van der Waals surface area contributed by atoms with Crippen LogP contribution in [0.3, 0.4) is 0 Å². The molecule has 4 aromatic rings. The van der Waals surface area contributed by atoms with Crippen molar-refractivity contribution >= 4 is 28.6 Å². The van der Waals surface area contributed by atoms with Gasteiger partial charge in [-0.05, 0) is 49.2 Å². The fourth-order valence-electron chi connectivity index (χ4n) is 4.65. The first kappa shape index (κ1) is 24.4. The summed E-state index contributed by atoms with van der Waals surface area (Å²) >= 11 is 0. The average Bonchev–Trinajstić information content (AvgIpc) is 2.91. The predicted octanol–water partition coefficient (Wildman–Crippen LogP) is 4.42. The minimum atomic E-state index is -0.188. The molecule has 37 heavy (non-hydrogen) atoms. The molecule has 8 heteroatoms. The number of nitrogens with zero attached hydrogens (tertiary/aromatic N) is 4. The summed E-state index contributed by atoms with van der Waals surface area (Å²) in [6.07, 6.45) is 0. The van der Waals surface area contributed by atoms with E-state index in [1.54, 1.807) is 16.6 Å². The third-order valence-corrected chi connectivity index (χ3v) is 6.76. The Balaban J connectivity index is 1.36. The van der Waals surface area contributed by atoms with Crippen molar-refractivity contribution in [3.8, 4) is 5.75 Å². The third kappa shape index (κ3) is 5.14. The number of fused-ring (bicyclic) bond motifs is 1. The van der Waals surface area contributed by atoms with Crippen LogP contribution in [0, 0.1) is 13.8 Å². The molecule has 5 rings (SSSR count). The lowest BCUT2D eigenvalue weighted by Gasteiger charge is -2.35. The molecule has 0 radical (unpaired) electrons. The van der Waals surface area contributed by atoms with Gasteiger partial charge in [-0.15, -0.1) is 0 Å². The van der Waals surface area contributed by atoms with E-state index in [-0.39, 0.29) is 11.6 Å². The maximum absolute atomic E-state index is 13.7. The van der Waals surface area contributed by atoms with Crippen molar-refractivity contribution in [1.82, 2.24) is 14.5 Å². The van der Waals surface area contributed by atoms with Gasteiger partial charge in [0.2, 0.25) is 0 Å². The van der Waals surface area contributed by atoms with Crippen molar-refractivity contribution < 1.29 is 9.53 Å². The Labute approximate surface area is 216 Å². The number of piperazine rings is 1. The number of hydrogen-bond acceptors (Lipinski definition) is 5. The molecule has 0 spiro atoms. The number of carbonyl (C=O) groups is 1. The molecular weight excluding hydrogens is 466 g/mol. The summed E-state index contributed by atoms with van der Waals surface area (Å²) < 4.78 is 7.18. The van der Waals surface area contributed by atoms with Crippen LogP contribution in [0.5, 0.6) is 5.75 Å². The van der Waals surface area contributed by atoms with Gasteiger partial charge in [-0.25, -0.2) is 9.78 Å². The van der Waals surface area contributed by atoms with Gasteiger partial charge in [0, 0.05) is 26.2 Å². The van der Waals surface area contributed by atoms with Gasteiger partial charge in [0.1, 0.15) is 5.75 Å². The van der Waals surface area contributed by atoms with Crippen LogP contribution in [0.15, 0.2) is 71.5 Å². The van der Waals surface area contributed by atoms with E-state index in [9.17, 15) is 9.59 Å². The Morgan fingerprint density at radius 1 is 0.946 bits per heavy atom. The number of methoxy groups -OCH3 is 1. The lowest BCUT2D eigenvalue weighted by atomic mass is 10.1. The first-order chi connectivity index (χ1) is 17.9. The van der Waals surface area contributed by atoms with Crippen molar-refractivity contribution in [2.24, 2.45) is 0 Å². The van der Waals surface area contributed by atoms with Crippen LogP contribution in [0.1, 0.15) is 16.7 Å². The summed E-state index contributed by atoms with van der Waals surface area (Å²) in [5, 5.41) is 2.96. The van der Waals surface area contributed by atoms with Crippen LogP contribution >= 0.6 is 0 Å². The highest BCUT2D eigenvalue weighted by atomic mass is 16.5. The van der Waals surface area contributed by atoms with Gasteiger partial charge in [-0.3, -0.25) is 9.36 Å². The lowest BCUT2D eigenvalue weighted by molar-refractivity contribution is 0.208. The molecule has 2 amide bonds. The molecule has 0 unspecified atom stereocenters. The monoisotopic (exact) mass is 497 g/mol. The second-order valence-electron chi connectivity index (χ2n) is 9.41. The Morgan fingerprint density at radius 3 is 2.38 bits per heavy atom. The molecule has 0 saturated carbocycles. The number of rotatable bonds is 5. The maximum atomic E-state index is 13.7. The molecule has 0 aliphatic carbocycles. The highest BCUT2D eigenvalue weighted by Gasteiger charge is 2.25. The van der Waals surface area contributed by atoms with Gasteiger partial charge in [0.05, 0.1) is 30.4 Å². The zero-order valence-electron chi connectivity index (χ0n) is 21.4. The molecule has 1 N–H and O–H groups in total. The summed E-state index contributed by atoms with van der Waals surface area (Å²) in [7, 11) is 1.58. The van der Waals surface area contributed by atoms with E-state index < -0.39 is 0 Å². The number of para-hydroxylation sites is 2. The Bertz CT molecular complexity index is 1490. The average molecular weight is 498 g/mol. The number of ether oxygens (including phenoxy) is 1. The molecule has 3 aromatic carbocycles. The van der Waals surface area contributed by atoms with Gasteiger partial charge in [-0.1, -0.05) is 48.0 Å². The Morgan fingerprint density at radius 2 is 1.65 bits per heavy atom. The zero-order chi connectivity index (χ0) is 25.9. The third-order valence-electron chi connectivity index (χ3n) is 6.76. The first-order valence-corrected chi connectivity index (χ1v) is 12.4. The zero-order valence-corrected chi connectivity index (χ0v) is 21.4. The van der Waals surface area contributed by atoms with Gasteiger partial charge in [0.15, 0.2) is 5.82 Å². The van der Waals surface area contributed by atoms with E-state index in [0.717, 1.165) is 22.2 Å². The standard InChI is InChI=1S/C29H31N5O3/c1-20-8-11-22(12-9-20)19-34-25-7-5-4-6-23(25)30-27(28(34)35)32-14-16-33(17-15-32)29(36)31-24-18-21(2)10-13-26(24)37-3/h4-13,18H,14-17,19H2,1-3H3,(H,31,36). The fraction of sp³-hybridized carbons (Fsp3) is 0.276. The van der Waals surface area contributed by atoms with Crippen LogP contribution in [0.4, 0.5) is 16.3 Å². The SMILES string of the molecule is COc1ccc(C)cc1NC(=O)N1CCN(c2nc3ccccc3n(Cc3ccc(C)cc3)c2=O)CC1. The van der Waals surface area contributed by atoms with Crippen LogP contribution in [0.25, 0.3) is 11.0 Å². The molecule has 1 saturated heterocycles. The lowest BCUT2D eigenvalue weighted by Crippen LogP contribution is -2.51. The van der Waals surface area contributed by atoms with E-state index in [0.29, 0.717) is 50.0 Å². The minimum Gasteiger partial charge on any atom is -0.495 e. The Hall–Kier alpha value is -4.33. The van der Waals surface area contributed by atoms with Crippen molar-refractivity contribution in [3.63, 3.8) is 0 Å².